The fraction of sp³-hybridized carbons (Fsp3) is 0.286. The first-order valence-corrected chi connectivity index (χ1v) is 5.99. The molecule has 0 saturated heterocycles. The van der Waals surface area contributed by atoms with Crippen molar-refractivity contribution in [3.63, 3.8) is 0 Å². The Morgan fingerprint density at radius 1 is 1.33 bits per heavy atom. The number of aryl methyl sites for hydroxylation is 2. The van der Waals surface area contributed by atoms with Gasteiger partial charge in [0.25, 0.3) is 5.56 Å². The highest BCUT2D eigenvalue weighted by Crippen LogP contribution is 2.28. The molecule has 0 atom stereocenters. The molecule has 0 aliphatic carbocycles. The van der Waals surface area contributed by atoms with Gasteiger partial charge in [-0.05, 0) is 37.6 Å². The van der Waals surface area contributed by atoms with Crippen molar-refractivity contribution in [1.29, 1.82) is 0 Å². The normalized spacial score (nSPS) is 13.2. The van der Waals surface area contributed by atoms with E-state index in [9.17, 15) is 4.79 Å². The molecule has 0 amide bonds. The third-order valence-corrected chi connectivity index (χ3v) is 3.30. The van der Waals surface area contributed by atoms with Crippen LogP contribution in [0.25, 0.3) is 11.3 Å². The highest BCUT2D eigenvalue weighted by atomic mass is 16.5. The Balaban J connectivity index is 2.16. The number of hydrogen-bond donors (Lipinski definition) is 1. The zero-order valence-electron chi connectivity index (χ0n) is 10.4. The van der Waals surface area contributed by atoms with Gasteiger partial charge in [-0.25, -0.2) is 4.98 Å². The van der Waals surface area contributed by atoms with Crippen molar-refractivity contribution >= 4 is 0 Å². The molecule has 0 radical (unpaired) electrons. The van der Waals surface area contributed by atoms with E-state index in [0.717, 1.165) is 41.3 Å². The first-order chi connectivity index (χ1) is 8.65. The van der Waals surface area contributed by atoms with Crippen LogP contribution in [0.5, 0.6) is 5.75 Å². The standard InChI is InChI=1S/C14H14N2O2/c1-8-9(2)16-14(17)13(15-8)11-3-4-12-10(7-11)5-6-18-12/h3-4,7H,5-6H2,1-2H3,(H,16,17). The maximum atomic E-state index is 11.9. The number of rotatable bonds is 1. The summed E-state index contributed by atoms with van der Waals surface area (Å²) in [4.78, 5) is 19.2. The molecule has 0 spiro atoms. The largest absolute Gasteiger partial charge is 0.493 e. The maximum Gasteiger partial charge on any atom is 0.274 e. The topological polar surface area (TPSA) is 55.0 Å². The second-order valence-corrected chi connectivity index (χ2v) is 4.55. The van der Waals surface area contributed by atoms with Gasteiger partial charge in [0.1, 0.15) is 11.4 Å². The lowest BCUT2D eigenvalue weighted by Gasteiger charge is -2.05. The molecule has 2 aromatic rings. The van der Waals surface area contributed by atoms with Gasteiger partial charge in [0, 0.05) is 17.7 Å². The molecule has 0 fully saturated rings. The summed E-state index contributed by atoms with van der Waals surface area (Å²) in [5, 5.41) is 0. The predicted molar refractivity (Wildman–Crippen MR) is 69.0 cm³/mol. The molecular formula is C14H14N2O2. The zero-order chi connectivity index (χ0) is 12.7. The van der Waals surface area contributed by atoms with E-state index in [1.165, 1.54) is 0 Å². The third-order valence-electron chi connectivity index (χ3n) is 3.30. The zero-order valence-corrected chi connectivity index (χ0v) is 10.4. The van der Waals surface area contributed by atoms with Crippen LogP contribution in [-0.2, 0) is 6.42 Å². The average molecular weight is 242 g/mol. The summed E-state index contributed by atoms with van der Waals surface area (Å²) < 4.78 is 5.46. The van der Waals surface area contributed by atoms with Crippen LogP contribution in [0.1, 0.15) is 17.0 Å². The molecule has 1 aromatic carbocycles. The van der Waals surface area contributed by atoms with Crippen molar-refractivity contribution in [3.05, 3.63) is 45.5 Å². The summed E-state index contributed by atoms with van der Waals surface area (Å²) in [7, 11) is 0. The Morgan fingerprint density at radius 2 is 2.17 bits per heavy atom. The minimum Gasteiger partial charge on any atom is -0.493 e. The van der Waals surface area contributed by atoms with E-state index in [-0.39, 0.29) is 5.56 Å². The van der Waals surface area contributed by atoms with Crippen LogP contribution >= 0.6 is 0 Å². The number of nitrogens with one attached hydrogen (secondary N) is 1. The summed E-state index contributed by atoms with van der Waals surface area (Å²) in [6.07, 6.45) is 0.895. The number of ether oxygens (including phenoxy) is 1. The average Bonchev–Trinajstić information content (AvgIpc) is 2.80. The molecule has 92 valence electrons. The Kier molecular flexibility index (Phi) is 2.44. The lowest BCUT2D eigenvalue weighted by atomic mass is 10.1. The van der Waals surface area contributed by atoms with E-state index in [1.54, 1.807) is 0 Å². The molecule has 4 heteroatoms. The molecule has 4 nitrogen and oxygen atoms in total. The van der Waals surface area contributed by atoms with E-state index < -0.39 is 0 Å². The summed E-state index contributed by atoms with van der Waals surface area (Å²) >= 11 is 0. The van der Waals surface area contributed by atoms with Crippen LogP contribution in [-0.4, -0.2) is 16.6 Å². The predicted octanol–water partition coefficient (Wildman–Crippen LogP) is 1.99. The Labute approximate surface area is 105 Å². The van der Waals surface area contributed by atoms with Crippen molar-refractivity contribution in [2.75, 3.05) is 6.61 Å². The lowest BCUT2D eigenvalue weighted by Crippen LogP contribution is -2.14. The van der Waals surface area contributed by atoms with E-state index >= 15 is 0 Å². The van der Waals surface area contributed by atoms with Crippen molar-refractivity contribution in [2.24, 2.45) is 0 Å². The quantitative estimate of drug-likeness (QED) is 0.832. The van der Waals surface area contributed by atoms with Crippen molar-refractivity contribution in [3.8, 4) is 17.0 Å². The van der Waals surface area contributed by atoms with Crippen LogP contribution in [0.4, 0.5) is 0 Å². The monoisotopic (exact) mass is 242 g/mol. The van der Waals surface area contributed by atoms with E-state index in [4.69, 9.17) is 4.74 Å². The molecule has 1 N–H and O–H groups in total. The van der Waals surface area contributed by atoms with Gasteiger partial charge in [0.2, 0.25) is 0 Å². The number of aromatic nitrogens is 2. The van der Waals surface area contributed by atoms with E-state index in [2.05, 4.69) is 9.97 Å². The van der Waals surface area contributed by atoms with Gasteiger partial charge >= 0.3 is 0 Å². The molecular weight excluding hydrogens is 228 g/mol. The van der Waals surface area contributed by atoms with E-state index in [1.807, 2.05) is 32.0 Å². The third kappa shape index (κ3) is 1.70. The highest BCUT2D eigenvalue weighted by molar-refractivity contribution is 5.62. The maximum absolute atomic E-state index is 11.9. The number of hydrogen-bond acceptors (Lipinski definition) is 3. The fourth-order valence-electron chi connectivity index (χ4n) is 2.15. The number of aromatic amines is 1. The molecule has 0 unspecified atom stereocenters. The molecule has 1 aromatic heterocycles. The summed E-state index contributed by atoms with van der Waals surface area (Å²) in [5.41, 5.74) is 4.00. The van der Waals surface area contributed by atoms with Crippen LogP contribution in [0, 0.1) is 13.8 Å². The summed E-state index contributed by atoms with van der Waals surface area (Å²) in [5.74, 6) is 0.916. The number of fused-ring (bicyclic) bond motifs is 1. The SMILES string of the molecule is Cc1nc(-c2ccc3c(c2)CCO3)c(=O)[nH]c1C. The van der Waals surface area contributed by atoms with Gasteiger partial charge in [-0.2, -0.15) is 0 Å². The first-order valence-electron chi connectivity index (χ1n) is 5.99. The van der Waals surface area contributed by atoms with Crippen molar-refractivity contribution < 1.29 is 4.74 Å². The molecule has 0 bridgehead atoms. The van der Waals surface area contributed by atoms with Gasteiger partial charge in [-0.3, -0.25) is 4.79 Å². The Hall–Kier alpha value is -2.10. The van der Waals surface area contributed by atoms with E-state index in [0.29, 0.717) is 5.69 Å². The minimum absolute atomic E-state index is 0.142. The molecule has 2 heterocycles. The van der Waals surface area contributed by atoms with Crippen molar-refractivity contribution in [2.45, 2.75) is 20.3 Å². The summed E-state index contributed by atoms with van der Waals surface area (Å²) in [6, 6.07) is 5.79. The molecule has 1 aliphatic heterocycles. The van der Waals surface area contributed by atoms with Crippen LogP contribution in [0.2, 0.25) is 0 Å². The van der Waals surface area contributed by atoms with Gasteiger partial charge in [-0.15, -0.1) is 0 Å². The number of nitrogens with zero attached hydrogens (tertiary/aromatic N) is 1. The van der Waals surface area contributed by atoms with Gasteiger partial charge in [-0.1, -0.05) is 0 Å². The van der Waals surface area contributed by atoms with Crippen LogP contribution in [0.15, 0.2) is 23.0 Å². The molecule has 0 saturated carbocycles. The number of benzene rings is 1. The van der Waals surface area contributed by atoms with Crippen LogP contribution in [0.3, 0.4) is 0 Å². The molecule has 1 aliphatic rings. The lowest BCUT2D eigenvalue weighted by molar-refractivity contribution is 0.357. The Bertz CT molecular complexity index is 674. The molecule has 3 rings (SSSR count). The van der Waals surface area contributed by atoms with Crippen molar-refractivity contribution in [1.82, 2.24) is 9.97 Å². The molecule has 18 heavy (non-hydrogen) atoms. The van der Waals surface area contributed by atoms with Gasteiger partial charge < -0.3 is 9.72 Å². The Morgan fingerprint density at radius 3 is 3.00 bits per heavy atom. The smallest absolute Gasteiger partial charge is 0.274 e. The summed E-state index contributed by atoms with van der Waals surface area (Å²) in [6.45, 7) is 4.46. The second kappa shape index (κ2) is 3.98. The minimum atomic E-state index is -0.142. The highest BCUT2D eigenvalue weighted by Gasteiger charge is 2.15. The van der Waals surface area contributed by atoms with Gasteiger partial charge in [0.05, 0.1) is 12.3 Å². The fourth-order valence-corrected chi connectivity index (χ4v) is 2.15. The first kappa shape index (κ1) is 11.0. The second-order valence-electron chi connectivity index (χ2n) is 4.55. The van der Waals surface area contributed by atoms with Gasteiger partial charge in [0.15, 0.2) is 0 Å². The number of H-pyrrole nitrogens is 1. The van der Waals surface area contributed by atoms with Crippen LogP contribution < -0.4 is 10.3 Å².